The number of nitrogens with one attached hydrogen (secondary N) is 1. The molecule has 1 spiro atoms. The number of benzene rings is 1. The summed E-state index contributed by atoms with van der Waals surface area (Å²) in [6, 6.07) is 8.17. The van der Waals surface area contributed by atoms with E-state index in [9.17, 15) is 9.59 Å². The van der Waals surface area contributed by atoms with E-state index in [-0.39, 0.29) is 23.6 Å². The fourth-order valence-corrected chi connectivity index (χ4v) is 5.48. The van der Waals surface area contributed by atoms with Gasteiger partial charge in [0, 0.05) is 18.3 Å². The van der Waals surface area contributed by atoms with E-state index in [2.05, 4.69) is 23.2 Å². The van der Waals surface area contributed by atoms with Crippen molar-refractivity contribution in [3.05, 3.63) is 41.7 Å². The molecule has 0 radical (unpaired) electrons. The molecule has 3 aliphatic heterocycles. The van der Waals surface area contributed by atoms with Crippen LogP contribution < -0.4 is 5.32 Å². The fraction of sp³-hybridized carbons (Fsp3) is 0.545. The van der Waals surface area contributed by atoms with Gasteiger partial charge in [0.25, 0.3) is 0 Å². The number of nitrogens with zero attached hydrogens (tertiary/aromatic N) is 1. The summed E-state index contributed by atoms with van der Waals surface area (Å²) < 4.78 is 10.1. The number of allylic oxidation sites excluding steroid dienone is 1. The topological polar surface area (TPSA) is 67.9 Å². The smallest absolute Gasteiger partial charge is 0.372 e. The summed E-state index contributed by atoms with van der Waals surface area (Å²) in [4.78, 5) is 27.6. The van der Waals surface area contributed by atoms with Crippen LogP contribution >= 0.6 is 0 Å². The first-order valence-corrected chi connectivity index (χ1v) is 10.0. The molecule has 1 N–H and O–H groups in total. The predicted molar refractivity (Wildman–Crippen MR) is 106 cm³/mol. The zero-order chi connectivity index (χ0) is 19.9. The highest BCUT2D eigenvalue weighted by Crippen LogP contribution is 2.52. The van der Waals surface area contributed by atoms with Crippen LogP contribution in [0, 0.1) is 11.8 Å². The zero-order valence-electron chi connectivity index (χ0n) is 16.7. The molecule has 2 saturated heterocycles. The number of methoxy groups -OCH3 is 2. The number of hydrogen-bond acceptors (Lipinski definition) is 5. The Morgan fingerprint density at radius 2 is 2.11 bits per heavy atom. The molecule has 4 rings (SSSR count). The summed E-state index contributed by atoms with van der Waals surface area (Å²) in [5, 5.41) is 3.10. The van der Waals surface area contributed by atoms with Gasteiger partial charge in [0.2, 0.25) is 11.7 Å². The molecule has 3 heterocycles. The van der Waals surface area contributed by atoms with E-state index in [4.69, 9.17) is 9.47 Å². The normalized spacial score (nSPS) is 32.0. The predicted octanol–water partition coefficient (Wildman–Crippen LogP) is 2.70. The number of para-hydroxylation sites is 1. The highest BCUT2D eigenvalue weighted by Gasteiger charge is 2.59. The lowest BCUT2D eigenvalue weighted by Crippen LogP contribution is -2.53. The highest BCUT2D eigenvalue weighted by molar-refractivity contribution is 6.07. The standard InChI is InChI=1S/C22H28N2O4/c1-4-14-13-24-10-9-22(16-7-5-6-8-17(16)23-21(22)26)19(24)12-15(14)11-18(27-2)20(25)28-3/h5-8,11,14-15,19H,4,9-10,12-13H2,1-3H3,(H,23,26). The van der Waals surface area contributed by atoms with E-state index in [0.29, 0.717) is 5.92 Å². The van der Waals surface area contributed by atoms with Crippen LogP contribution in [0.3, 0.4) is 0 Å². The van der Waals surface area contributed by atoms with Gasteiger partial charge >= 0.3 is 5.97 Å². The van der Waals surface area contributed by atoms with Crippen molar-refractivity contribution >= 4 is 17.6 Å². The maximum Gasteiger partial charge on any atom is 0.372 e. The average molecular weight is 384 g/mol. The molecule has 6 nitrogen and oxygen atoms in total. The minimum absolute atomic E-state index is 0.110. The van der Waals surface area contributed by atoms with Crippen molar-refractivity contribution in [2.24, 2.45) is 11.8 Å². The van der Waals surface area contributed by atoms with Crippen molar-refractivity contribution in [3.8, 4) is 0 Å². The average Bonchev–Trinajstić information content (AvgIpc) is 3.23. The van der Waals surface area contributed by atoms with Crippen LogP contribution in [0.5, 0.6) is 0 Å². The largest absolute Gasteiger partial charge is 0.490 e. The molecule has 6 heteroatoms. The van der Waals surface area contributed by atoms with E-state index in [1.807, 2.05) is 24.3 Å². The Balaban J connectivity index is 1.70. The van der Waals surface area contributed by atoms with E-state index in [1.165, 1.54) is 14.2 Å². The number of carbonyl (C=O) groups is 2. The van der Waals surface area contributed by atoms with Crippen molar-refractivity contribution < 1.29 is 19.1 Å². The van der Waals surface area contributed by atoms with Crippen LogP contribution in [-0.2, 0) is 24.5 Å². The van der Waals surface area contributed by atoms with Crippen LogP contribution in [0.25, 0.3) is 0 Å². The van der Waals surface area contributed by atoms with Gasteiger partial charge in [-0.1, -0.05) is 31.5 Å². The Kier molecular flexibility index (Phi) is 4.91. The maximum atomic E-state index is 13.1. The molecule has 4 atom stereocenters. The second kappa shape index (κ2) is 7.24. The van der Waals surface area contributed by atoms with E-state index >= 15 is 0 Å². The second-order valence-electron chi connectivity index (χ2n) is 8.03. The molecule has 28 heavy (non-hydrogen) atoms. The van der Waals surface area contributed by atoms with Crippen molar-refractivity contribution in [2.45, 2.75) is 37.6 Å². The molecule has 150 valence electrons. The van der Waals surface area contributed by atoms with Gasteiger partial charge in [0.15, 0.2) is 0 Å². The van der Waals surface area contributed by atoms with Gasteiger partial charge < -0.3 is 14.8 Å². The summed E-state index contributed by atoms with van der Waals surface area (Å²) in [6.07, 6.45) is 4.59. The number of anilines is 1. The van der Waals surface area contributed by atoms with Gasteiger partial charge in [-0.2, -0.15) is 0 Å². The first-order chi connectivity index (χ1) is 13.5. The minimum atomic E-state index is -0.500. The second-order valence-corrected chi connectivity index (χ2v) is 8.03. The van der Waals surface area contributed by atoms with Crippen LogP contribution in [-0.4, -0.2) is 50.1 Å². The number of esters is 1. The number of rotatable bonds is 4. The van der Waals surface area contributed by atoms with Gasteiger partial charge in [0.05, 0.1) is 19.6 Å². The van der Waals surface area contributed by atoms with Gasteiger partial charge in [-0.3, -0.25) is 9.69 Å². The Labute approximate surface area is 165 Å². The van der Waals surface area contributed by atoms with Gasteiger partial charge in [0.1, 0.15) is 0 Å². The third-order valence-electron chi connectivity index (χ3n) is 6.93. The molecule has 0 bridgehead atoms. The number of carbonyl (C=O) groups excluding carboxylic acids is 2. The van der Waals surface area contributed by atoms with Crippen LogP contribution in [0.4, 0.5) is 5.69 Å². The third kappa shape index (κ3) is 2.73. The SMILES string of the molecule is CCC1CN2CCC3(C(=O)Nc4ccccc43)C2CC1C=C(OC)C(=O)OC. The minimum Gasteiger partial charge on any atom is -0.490 e. The van der Waals surface area contributed by atoms with Crippen molar-refractivity contribution in [1.29, 1.82) is 0 Å². The number of hydrogen-bond donors (Lipinski definition) is 1. The Bertz CT molecular complexity index is 821. The van der Waals surface area contributed by atoms with Crippen LogP contribution in [0.15, 0.2) is 36.1 Å². The quantitative estimate of drug-likeness (QED) is 0.491. The molecule has 3 aliphatic rings. The Morgan fingerprint density at radius 3 is 2.82 bits per heavy atom. The summed E-state index contributed by atoms with van der Waals surface area (Å²) in [6.45, 7) is 4.03. The molecular weight excluding hydrogens is 356 g/mol. The molecule has 0 saturated carbocycles. The van der Waals surface area contributed by atoms with E-state index in [0.717, 1.165) is 43.6 Å². The maximum absolute atomic E-state index is 13.1. The lowest BCUT2D eigenvalue weighted by atomic mass is 9.69. The molecule has 0 aliphatic carbocycles. The van der Waals surface area contributed by atoms with Crippen molar-refractivity contribution in [1.82, 2.24) is 4.90 Å². The third-order valence-corrected chi connectivity index (χ3v) is 6.93. The highest BCUT2D eigenvalue weighted by atomic mass is 16.6. The number of piperidine rings is 1. The molecule has 1 amide bonds. The Hall–Kier alpha value is -2.34. The summed E-state index contributed by atoms with van der Waals surface area (Å²) in [5.74, 6) is 0.489. The number of ether oxygens (including phenoxy) is 2. The molecule has 1 aromatic carbocycles. The molecule has 1 aromatic rings. The van der Waals surface area contributed by atoms with Crippen molar-refractivity contribution in [2.75, 3.05) is 32.6 Å². The number of amides is 1. The number of fused-ring (bicyclic) bond motifs is 4. The molecular formula is C22H28N2O4. The van der Waals surface area contributed by atoms with E-state index < -0.39 is 11.4 Å². The van der Waals surface area contributed by atoms with Gasteiger partial charge in [-0.25, -0.2) is 4.79 Å². The first-order valence-electron chi connectivity index (χ1n) is 10.0. The molecule has 0 aromatic heterocycles. The monoisotopic (exact) mass is 384 g/mol. The summed E-state index contributed by atoms with van der Waals surface area (Å²) in [5.41, 5.74) is 1.55. The van der Waals surface area contributed by atoms with E-state index in [1.54, 1.807) is 0 Å². The summed E-state index contributed by atoms with van der Waals surface area (Å²) in [7, 11) is 2.86. The van der Waals surface area contributed by atoms with Crippen molar-refractivity contribution in [3.63, 3.8) is 0 Å². The van der Waals surface area contributed by atoms with Crippen LogP contribution in [0.2, 0.25) is 0 Å². The lowest BCUT2D eigenvalue weighted by Gasteiger charge is -2.44. The summed E-state index contributed by atoms with van der Waals surface area (Å²) >= 11 is 0. The fourth-order valence-electron chi connectivity index (χ4n) is 5.48. The molecule has 4 unspecified atom stereocenters. The zero-order valence-corrected chi connectivity index (χ0v) is 16.7. The molecule has 2 fully saturated rings. The van der Waals surface area contributed by atoms with Gasteiger partial charge in [-0.05, 0) is 48.9 Å². The first kappa shape index (κ1) is 19.0. The lowest BCUT2D eigenvalue weighted by molar-refractivity contribution is -0.139. The van der Waals surface area contributed by atoms with Crippen LogP contribution in [0.1, 0.15) is 31.7 Å². The van der Waals surface area contributed by atoms with Gasteiger partial charge in [-0.15, -0.1) is 0 Å². The Morgan fingerprint density at radius 1 is 1.32 bits per heavy atom.